The van der Waals surface area contributed by atoms with E-state index in [1.807, 2.05) is 0 Å². The van der Waals surface area contributed by atoms with Crippen LogP contribution in [0.15, 0.2) is 18.2 Å². The Morgan fingerprint density at radius 3 is 2.95 bits per heavy atom. The van der Waals surface area contributed by atoms with Crippen LogP contribution < -0.4 is 10.1 Å². The summed E-state index contributed by atoms with van der Waals surface area (Å²) in [6.45, 7) is 6.26. The molecule has 20 heavy (non-hydrogen) atoms. The van der Waals surface area contributed by atoms with Crippen LogP contribution in [0.4, 0.5) is 0 Å². The minimum atomic E-state index is 0.313. The molecule has 2 atom stereocenters. The van der Waals surface area contributed by atoms with Crippen LogP contribution in [0, 0.1) is 6.92 Å². The van der Waals surface area contributed by atoms with E-state index in [2.05, 4.69) is 37.4 Å². The molecule has 3 nitrogen and oxygen atoms in total. The van der Waals surface area contributed by atoms with Crippen molar-refractivity contribution in [3.8, 4) is 5.75 Å². The van der Waals surface area contributed by atoms with E-state index in [1.165, 1.54) is 24.0 Å². The van der Waals surface area contributed by atoms with Gasteiger partial charge in [0, 0.05) is 18.2 Å². The second-order valence-electron chi connectivity index (χ2n) is 5.62. The van der Waals surface area contributed by atoms with Crippen molar-refractivity contribution in [2.24, 2.45) is 0 Å². The van der Waals surface area contributed by atoms with Gasteiger partial charge >= 0.3 is 0 Å². The Balaban J connectivity index is 2.17. The maximum absolute atomic E-state index is 5.81. The van der Waals surface area contributed by atoms with Gasteiger partial charge in [0.15, 0.2) is 0 Å². The predicted octanol–water partition coefficient (Wildman–Crippen LogP) is 3.61. The van der Waals surface area contributed by atoms with E-state index >= 15 is 0 Å². The summed E-state index contributed by atoms with van der Waals surface area (Å²) in [5.74, 6) is 0.974. The molecule has 0 amide bonds. The lowest BCUT2D eigenvalue weighted by Gasteiger charge is -2.24. The maximum atomic E-state index is 5.81. The van der Waals surface area contributed by atoms with Gasteiger partial charge in [-0.15, -0.1) is 0 Å². The molecule has 0 bridgehead atoms. The molecule has 1 N–H and O–H groups in total. The number of hydrogen-bond donors (Lipinski definition) is 1. The molecule has 1 aromatic carbocycles. The number of methoxy groups -OCH3 is 1. The van der Waals surface area contributed by atoms with E-state index in [-0.39, 0.29) is 0 Å². The van der Waals surface area contributed by atoms with Gasteiger partial charge in [-0.3, -0.25) is 0 Å². The molecule has 1 aliphatic rings. The zero-order valence-electron chi connectivity index (χ0n) is 12.9. The molecule has 112 valence electrons. The summed E-state index contributed by atoms with van der Waals surface area (Å²) in [5, 5.41) is 3.65. The lowest BCUT2D eigenvalue weighted by atomic mass is 9.96. The Morgan fingerprint density at radius 1 is 1.45 bits per heavy atom. The Labute approximate surface area is 122 Å². The van der Waals surface area contributed by atoms with Gasteiger partial charge in [-0.25, -0.2) is 0 Å². The summed E-state index contributed by atoms with van der Waals surface area (Å²) in [7, 11) is 1.75. The number of aryl methyl sites for hydroxylation is 1. The van der Waals surface area contributed by atoms with E-state index in [0.717, 1.165) is 31.7 Å². The average molecular weight is 277 g/mol. The van der Waals surface area contributed by atoms with Crippen molar-refractivity contribution in [1.29, 1.82) is 0 Å². The summed E-state index contributed by atoms with van der Waals surface area (Å²) in [5.41, 5.74) is 2.54. The summed E-state index contributed by atoms with van der Waals surface area (Å²) >= 11 is 0. The van der Waals surface area contributed by atoms with Crippen molar-refractivity contribution < 1.29 is 9.47 Å². The van der Waals surface area contributed by atoms with E-state index in [4.69, 9.17) is 9.47 Å². The third kappa shape index (κ3) is 3.97. The lowest BCUT2D eigenvalue weighted by molar-refractivity contribution is 0.0943. The zero-order valence-corrected chi connectivity index (χ0v) is 12.9. The molecule has 0 aromatic heterocycles. The summed E-state index contributed by atoms with van der Waals surface area (Å²) in [6, 6.07) is 6.72. The highest BCUT2D eigenvalue weighted by molar-refractivity contribution is 5.39. The van der Waals surface area contributed by atoms with Gasteiger partial charge in [0.25, 0.3) is 0 Å². The molecule has 0 spiro atoms. The van der Waals surface area contributed by atoms with E-state index < -0.39 is 0 Å². The molecule has 1 aromatic rings. The lowest BCUT2D eigenvalue weighted by Crippen LogP contribution is -2.26. The first-order valence-corrected chi connectivity index (χ1v) is 7.74. The van der Waals surface area contributed by atoms with Gasteiger partial charge in [-0.05, 0) is 45.2 Å². The van der Waals surface area contributed by atoms with Crippen molar-refractivity contribution in [3.63, 3.8) is 0 Å². The van der Waals surface area contributed by atoms with Gasteiger partial charge in [0.05, 0.1) is 13.2 Å². The Bertz CT molecular complexity index is 413. The highest BCUT2D eigenvalue weighted by Crippen LogP contribution is 2.31. The first-order chi connectivity index (χ1) is 9.74. The van der Waals surface area contributed by atoms with Crippen LogP contribution in [0.5, 0.6) is 5.75 Å². The van der Waals surface area contributed by atoms with Crippen molar-refractivity contribution >= 4 is 0 Å². The fourth-order valence-corrected chi connectivity index (χ4v) is 2.86. The molecule has 1 saturated heterocycles. The Morgan fingerprint density at radius 2 is 2.30 bits per heavy atom. The van der Waals surface area contributed by atoms with Crippen molar-refractivity contribution in [1.82, 2.24) is 5.32 Å². The molecule has 0 saturated carbocycles. The molecule has 2 rings (SSSR count). The molecule has 1 heterocycles. The highest BCUT2D eigenvalue weighted by atomic mass is 16.5. The average Bonchev–Trinajstić information content (AvgIpc) is 2.96. The predicted molar refractivity (Wildman–Crippen MR) is 82.4 cm³/mol. The van der Waals surface area contributed by atoms with Crippen molar-refractivity contribution in [2.45, 2.75) is 51.7 Å². The van der Waals surface area contributed by atoms with Crippen LogP contribution in [-0.2, 0) is 4.74 Å². The fraction of sp³-hybridized carbons (Fsp3) is 0.647. The second-order valence-corrected chi connectivity index (χ2v) is 5.62. The zero-order chi connectivity index (χ0) is 14.4. The van der Waals surface area contributed by atoms with Crippen molar-refractivity contribution in [2.75, 3.05) is 20.3 Å². The topological polar surface area (TPSA) is 30.5 Å². The number of hydrogen-bond acceptors (Lipinski definition) is 3. The van der Waals surface area contributed by atoms with E-state index in [0.29, 0.717) is 12.1 Å². The SMILES string of the molecule is CCCNC(CC1CCCO1)c1cc(C)ccc1OC. The van der Waals surface area contributed by atoms with Gasteiger partial charge < -0.3 is 14.8 Å². The van der Waals surface area contributed by atoms with Gasteiger partial charge in [-0.2, -0.15) is 0 Å². The third-order valence-corrected chi connectivity index (χ3v) is 3.92. The van der Waals surface area contributed by atoms with Gasteiger partial charge in [0.1, 0.15) is 5.75 Å². The molecular formula is C17H27NO2. The van der Waals surface area contributed by atoms with Crippen LogP contribution in [0.2, 0.25) is 0 Å². The molecule has 1 fully saturated rings. The third-order valence-electron chi connectivity index (χ3n) is 3.92. The molecule has 3 heteroatoms. The Hall–Kier alpha value is -1.06. The highest BCUT2D eigenvalue weighted by Gasteiger charge is 2.23. The monoisotopic (exact) mass is 277 g/mol. The number of ether oxygens (including phenoxy) is 2. The fourth-order valence-electron chi connectivity index (χ4n) is 2.86. The van der Waals surface area contributed by atoms with Crippen LogP contribution in [0.25, 0.3) is 0 Å². The van der Waals surface area contributed by atoms with Crippen LogP contribution in [0.1, 0.15) is 49.8 Å². The summed E-state index contributed by atoms with van der Waals surface area (Å²) < 4.78 is 11.4. The standard InChI is InChI=1S/C17H27NO2/c1-4-9-18-16(12-14-6-5-10-20-14)15-11-13(2)7-8-17(15)19-3/h7-8,11,14,16,18H,4-6,9-10,12H2,1-3H3. The minimum absolute atomic E-state index is 0.313. The van der Waals surface area contributed by atoms with Crippen LogP contribution >= 0.6 is 0 Å². The molecule has 1 aliphatic heterocycles. The minimum Gasteiger partial charge on any atom is -0.496 e. The molecular weight excluding hydrogens is 250 g/mol. The first-order valence-electron chi connectivity index (χ1n) is 7.74. The van der Waals surface area contributed by atoms with Crippen LogP contribution in [-0.4, -0.2) is 26.4 Å². The number of nitrogens with one attached hydrogen (secondary N) is 1. The second kappa shape index (κ2) is 7.65. The molecule has 0 aliphatic carbocycles. The molecule has 2 unspecified atom stereocenters. The summed E-state index contributed by atoms with van der Waals surface area (Å²) in [6.07, 6.45) is 4.92. The van der Waals surface area contributed by atoms with Crippen molar-refractivity contribution in [3.05, 3.63) is 29.3 Å². The van der Waals surface area contributed by atoms with E-state index in [1.54, 1.807) is 7.11 Å². The smallest absolute Gasteiger partial charge is 0.123 e. The number of rotatable bonds is 7. The van der Waals surface area contributed by atoms with Gasteiger partial charge in [0.2, 0.25) is 0 Å². The largest absolute Gasteiger partial charge is 0.496 e. The molecule has 0 radical (unpaired) electrons. The van der Waals surface area contributed by atoms with Crippen LogP contribution in [0.3, 0.4) is 0 Å². The first kappa shape index (κ1) is 15.3. The normalized spacial score (nSPS) is 20.1. The quantitative estimate of drug-likeness (QED) is 0.826. The van der Waals surface area contributed by atoms with Gasteiger partial charge in [-0.1, -0.05) is 24.6 Å². The number of benzene rings is 1. The maximum Gasteiger partial charge on any atom is 0.123 e. The van der Waals surface area contributed by atoms with E-state index in [9.17, 15) is 0 Å². The summed E-state index contributed by atoms with van der Waals surface area (Å²) in [4.78, 5) is 0. The Kier molecular flexibility index (Phi) is 5.86.